The first-order valence-electron chi connectivity index (χ1n) is 11.9. The van der Waals surface area contributed by atoms with E-state index in [0.717, 1.165) is 18.2 Å². The van der Waals surface area contributed by atoms with Crippen molar-refractivity contribution in [2.75, 3.05) is 17.1 Å². The fourth-order valence-electron chi connectivity index (χ4n) is 3.68. The van der Waals surface area contributed by atoms with E-state index in [1.54, 1.807) is 44.2 Å². The first-order valence-corrected chi connectivity index (χ1v) is 14.5. The zero-order valence-corrected chi connectivity index (χ0v) is 23.8. The van der Waals surface area contributed by atoms with Crippen molar-refractivity contribution in [2.24, 2.45) is 0 Å². The van der Waals surface area contributed by atoms with Crippen molar-refractivity contribution in [2.45, 2.75) is 65.6 Å². The highest BCUT2D eigenvalue weighted by Gasteiger charge is 2.27. The number of nitrogens with zero attached hydrogens (tertiary/aromatic N) is 2. The Morgan fingerprint density at radius 3 is 2.28 bits per heavy atom. The van der Waals surface area contributed by atoms with Crippen molar-refractivity contribution in [1.82, 2.24) is 10.2 Å². The van der Waals surface area contributed by atoms with Crippen molar-refractivity contribution in [1.29, 1.82) is 0 Å². The van der Waals surface area contributed by atoms with E-state index in [4.69, 9.17) is 23.2 Å². The summed E-state index contributed by atoms with van der Waals surface area (Å²) in [6, 6.07) is 11.5. The molecule has 2 rings (SSSR count). The molecule has 0 bridgehead atoms. The van der Waals surface area contributed by atoms with Crippen LogP contribution in [0.15, 0.2) is 42.5 Å². The average molecular weight is 557 g/mol. The van der Waals surface area contributed by atoms with Crippen LogP contribution in [0.25, 0.3) is 0 Å². The summed E-state index contributed by atoms with van der Waals surface area (Å²) in [5.41, 5.74) is 1.97. The number of nitrogens with one attached hydrogen (secondary N) is 1. The molecule has 2 amide bonds. The minimum Gasteiger partial charge on any atom is -0.352 e. The van der Waals surface area contributed by atoms with Crippen LogP contribution in [0.1, 0.15) is 51.2 Å². The molecule has 0 aliphatic rings. The van der Waals surface area contributed by atoms with Crippen molar-refractivity contribution >= 4 is 50.7 Å². The van der Waals surface area contributed by atoms with Crippen LogP contribution in [-0.4, -0.2) is 50.0 Å². The van der Waals surface area contributed by atoms with E-state index in [2.05, 4.69) is 5.32 Å². The van der Waals surface area contributed by atoms with Gasteiger partial charge in [-0.05, 0) is 69.0 Å². The van der Waals surface area contributed by atoms with Gasteiger partial charge < -0.3 is 10.2 Å². The molecule has 36 heavy (non-hydrogen) atoms. The highest BCUT2D eigenvalue weighted by atomic mass is 35.5. The molecule has 2 aromatic carbocycles. The van der Waals surface area contributed by atoms with Crippen LogP contribution in [0.4, 0.5) is 5.69 Å². The molecule has 2 atom stereocenters. The lowest BCUT2D eigenvalue weighted by atomic mass is 10.1. The number of anilines is 1. The molecule has 0 radical (unpaired) electrons. The molecule has 0 aromatic heterocycles. The van der Waals surface area contributed by atoms with Gasteiger partial charge in [-0.2, -0.15) is 0 Å². The standard InChI is InChI=1S/C26H35Cl2N3O4S/c1-6-18(2)29-26(33)20(4)30(17-21-12-14-22(27)15-13-21)25(32)11-8-16-31(36(5,34)35)24-10-7-9-23(28)19(24)3/h7,9-10,12-15,18,20H,6,8,11,16-17H2,1-5H3,(H,29,33)/t18-,20-/m0/s1. The number of sulfonamides is 1. The van der Waals surface area contributed by atoms with E-state index in [1.165, 1.54) is 9.21 Å². The lowest BCUT2D eigenvalue weighted by Crippen LogP contribution is -2.49. The smallest absolute Gasteiger partial charge is 0.242 e. The molecule has 1 N–H and O–H groups in total. The third-order valence-corrected chi connectivity index (χ3v) is 7.94. The minimum absolute atomic E-state index is 0.0170. The lowest BCUT2D eigenvalue weighted by Gasteiger charge is -2.30. The Bertz CT molecular complexity index is 1160. The summed E-state index contributed by atoms with van der Waals surface area (Å²) in [6.45, 7) is 7.67. The lowest BCUT2D eigenvalue weighted by molar-refractivity contribution is -0.140. The number of benzene rings is 2. The van der Waals surface area contributed by atoms with Crippen LogP contribution in [0.2, 0.25) is 10.0 Å². The summed E-state index contributed by atoms with van der Waals surface area (Å²) in [7, 11) is -3.60. The Morgan fingerprint density at radius 2 is 1.69 bits per heavy atom. The highest BCUT2D eigenvalue weighted by Crippen LogP contribution is 2.28. The second kappa shape index (κ2) is 13.3. The largest absolute Gasteiger partial charge is 0.352 e. The molecule has 0 heterocycles. The molecule has 0 aliphatic heterocycles. The monoisotopic (exact) mass is 555 g/mol. The predicted molar refractivity (Wildman–Crippen MR) is 147 cm³/mol. The van der Waals surface area contributed by atoms with E-state index in [1.807, 2.05) is 26.0 Å². The summed E-state index contributed by atoms with van der Waals surface area (Å²) < 4.78 is 26.3. The maximum atomic E-state index is 13.3. The first-order chi connectivity index (χ1) is 16.8. The van der Waals surface area contributed by atoms with Gasteiger partial charge >= 0.3 is 0 Å². The molecule has 2 aromatic rings. The maximum Gasteiger partial charge on any atom is 0.242 e. The zero-order valence-electron chi connectivity index (χ0n) is 21.4. The average Bonchev–Trinajstić information content (AvgIpc) is 2.82. The van der Waals surface area contributed by atoms with Gasteiger partial charge in [0.15, 0.2) is 0 Å². The summed E-state index contributed by atoms with van der Waals surface area (Å²) in [4.78, 5) is 27.7. The van der Waals surface area contributed by atoms with E-state index in [9.17, 15) is 18.0 Å². The molecule has 0 saturated heterocycles. The number of rotatable bonds is 12. The Hall–Kier alpha value is -2.29. The van der Waals surface area contributed by atoms with Gasteiger partial charge in [-0.3, -0.25) is 13.9 Å². The van der Waals surface area contributed by atoms with E-state index in [-0.39, 0.29) is 43.8 Å². The molecule has 0 fully saturated rings. The van der Waals surface area contributed by atoms with E-state index >= 15 is 0 Å². The van der Waals surface area contributed by atoms with Gasteiger partial charge in [-0.15, -0.1) is 0 Å². The molecule has 0 saturated carbocycles. The molecular formula is C26H35Cl2N3O4S. The maximum absolute atomic E-state index is 13.3. The Balaban J connectivity index is 2.20. The number of hydrogen-bond acceptors (Lipinski definition) is 4. The molecule has 10 heteroatoms. The first kappa shape index (κ1) is 29.9. The fourth-order valence-corrected chi connectivity index (χ4v) is 4.99. The minimum atomic E-state index is -3.60. The highest BCUT2D eigenvalue weighted by molar-refractivity contribution is 7.92. The van der Waals surface area contributed by atoms with Crippen molar-refractivity contribution < 1.29 is 18.0 Å². The van der Waals surface area contributed by atoms with Gasteiger partial charge in [-0.25, -0.2) is 8.42 Å². The van der Waals surface area contributed by atoms with Crippen molar-refractivity contribution in [3.8, 4) is 0 Å². The number of hydrogen-bond donors (Lipinski definition) is 1. The van der Waals surface area contributed by atoms with Crippen LogP contribution in [0, 0.1) is 6.92 Å². The van der Waals surface area contributed by atoms with Gasteiger partial charge in [0.25, 0.3) is 0 Å². The van der Waals surface area contributed by atoms with Crippen LogP contribution in [0.5, 0.6) is 0 Å². The molecule has 0 spiro atoms. The Labute approximate surface area is 224 Å². The summed E-state index contributed by atoms with van der Waals surface area (Å²) in [5.74, 6) is -0.480. The van der Waals surface area contributed by atoms with Crippen molar-refractivity contribution in [3.05, 3.63) is 63.6 Å². The van der Waals surface area contributed by atoms with Gasteiger partial charge in [-0.1, -0.05) is 48.3 Å². The SMILES string of the molecule is CC[C@H](C)NC(=O)[C@H](C)N(Cc1ccc(Cl)cc1)C(=O)CCCN(c1cccc(Cl)c1C)S(C)(=O)=O. The van der Waals surface area contributed by atoms with Gasteiger partial charge in [0, 0.05) is 35.6 Å². The third-order valence-electron chi connectivity index (χ3n) is 6.09. The second-order valence-electron chi connectivity index (χ2n) is 8.96. The second-order valence-corrected chi connectivity index (χ2v) is 11.7. The third kappa shape index (κ3) is 8.39. The summed E-state index contributed by atoms with van der Waals surface area (Å²) >= 11 is 12.2. The van der Waals surface area contributed by atoms with Gasteiger partial charge in [0.2, 0.25) is 21.8 Å². The summed E-state index contributed by atoms with van der Waals surface area (Å²) in [6.07, 6.45) is 2.24. The van der Waals surface area contributed by atoms with Gasteiger partial charge in [0.1, 0.15) is 6.04 Å². The predicted octanol–water partition coefficient (Wildman–Crippen LogP) is 5.18. The van der Waals surface area contributed by atoms with Gasteiger partial charge in [0.05, 0.1) is 11.9 Å². The number of halogens is 2. The zero-order chi connectivity index (χ0) is 27.0. The van der Waals surface area contributed by atoms with E-state index < -0.39 is 16.1 Å². The topological polar surface area (TPSA) is 86.8 Å². The quantitative estimate of drug-likeness (QED) is 0.391. The van der Waals surface area contributed by atoms with Crippen LogP contribution < -0.4 is 9.62 Å². The number of carbonyl (C=O) groups excluding carboxylic acids is 2. The normalized spacial score (nSPS) is 13.1. The van der Waals surface area contributed by atoms with Crippen LogP contribution in [-0.2, 0) is 26.2 Å². The van der Waals surface area contributed by atoms with Crippen LogP contribution in [0.3, 0.4) is 0 Å². The number of carbonyl (C=O) groups is 2. The molecule has 0 unspecified atom stereocenters. The van der Waals surface area contributed by atoms with Crippen LogP contribution >= 0.6 is 23.2 Å². The summed E-state index contributed by atoms with van der Waals surface area (Å²) in [5, 5.41) is 3.98. The molecule has 7 nitrogen and oxygen atoms in total. The number of amides is 2. The molecule has 0 aliphatic carbocycles. The fraction of sp³-hybridized carbons (Fsp3) is 0.462. The Kier molecular flexibility index (Phi) is 11.1. The van der Waals surface area contributed by atoms with E-state index in [0.29, 0.717) is 21.3 Å². The van der Waals surface area contributed by atoms with Crippen molar-refractivity contribution in [3.63, 3.8) is 0 Å². The molecular weight excluding hydrogens is 521 g/mol. The Morgan fingerprint density at radius 1 is 1.06 bits per heavy atom. The molecule has 198 valence electrons.